The maximum atomic E-state index is 14.4. The summed E-state index contributed by atoms with van der Waals surface area (Å²) in [6.45, 7) is 7.50. The Morgan fingerprint density at radius 3 is 2.43 bits per heavy atom. The highest BCUT2D eigenvalue weighted by Crippen LogP contribution is 2.39. The number of aryl methyl sites for hydroxylation is 3. The zero-order chi connectivity index (χ0) is 24.7. The summed E-state index contributed by atoms with van der Waals surface area (Å²) in [5.74, 6) is 0.364. The quantitative estimate of drug-likeness (QED) is 0.371. The minimum atomic E-state index is -0.513. The van der Waals surface area contributed by atoms with Crippen molar-refractivity contribution in [3.8, 4) is 11.4 Å². The van der Waals surface area contributed by atoms with Crippen molar-refractivity contribution in [3.05, 3.63) is 106 Å². The predicted octanol–water partition coefficient (Wildman–Crippen LogP) is 6.50. The lowest BCUT2D eigenvalue weighted by Crippen LogP contribution is -2.46. The van der Waals surface area contributed by atoms with Gasteiger partial charge in [0.2, 0.25) is 5.82 Å². The normalized spacial score (nSPS) is 16.0. The summed E-state index contributed by atoms with van der Waals surface area (Å²) in [5, 5.41) is 7.26. The van der Waals surface area contributed by atoms with Crippen LogP contribution in [0.15, 0.2) is 77.0 Å². The van der Waals surface area contributed by atoms with E-state index >= 15 is 0 Å². The fourth-order valence-corrected chi connectivity index (χ4v) is 4.30. The van der Waals surface area contributed by atoms with Gasteiger partial charge in [-0.15, -0.1) is 0 Å². The van der Waals surface area contributed by atoms with E-state index in [1.165, 1.54) is 11.0 Å². The van der Waals surface area contributed by atoms with Crippen LogP contribution in [0.2, 0.25) is 0 Å². The molecule has 0 saturated heterocycles. The molecule has 0 bridgehead atoms. The third kappa shape index (κ3) is 4.21. The van der Waals surface area contributed by atoms with E-state index in [9.17, 15) is 9.18 Å². The minimum absolute atomic E-state index is 0.294. The smallest absolute Gasteiger partial charge is 0.327 e. The Morgan fingerprint density at radius 2 is 1.71 bits per heavy atom. The lowest BCUT2D eigenvalue weighted by molar-refractivity contribution is 0.244. The first kappa shape index (κ1) is 22.5. The van der Waals surface area contributed by atoms with Crippen molar-refractivity contribution in [3.63, 3.8) is 0 Å². The van der Waals surface area contributed by atoms with Crippen LogP contribution in [0.3, 0.4) is 0 Å². The Bertz CT molecular complexity index is 1460. The zero-order valence-corrected chi connectivity index (χ0v) is 20.0. The molecule has 1 aliphatic heterocycles. The molecule has 1 aliphatic rings. The van der Waals surface area contributed by atoms with Crippen LogP contribution in [0, 0.1) is 26.6 Å². The molecule has 0 fully saturated rings. The first-order chi connectivity index (χ1) is 16.8. The summed E-state index contributed by atoms with van der Waals surface area (Å²) in [5.41, 5.74) is 6.06. The highest BCUT2D eigenvalue weighted by molar-refractivity contribution is 6.01. The van der Waals surface area contributed by atoms with E-state index < -0.39 is 6.04 Å². The van der Waals surface area contributed by atoms with E-state index in [0.29, 0.717) is 34.2 Å². The molecule has 0 spiro atoms. The van der Waals surface area contributed by atoms with Gasteiger partial charge in [0, 0.05) is 11.3 Å². The molecule has 1 atom stereocenters. The van der Waals surface area contributed by atoms with Gasteiger partial charge in [-0.3, -0.25) is 4.90 Å². The molecule has 1 N–H and O–H groups in total. The van der Waals surface area contributed by atoms with Crippen molar-refractivity contribution >= 4 is 17.3 Å². The topological polar surface area (TPSA) is 71.3 Å². The van der Waals surface area contributed by atoms with E-state index in [4.69, 9.17) is 4.52 Å². The zero-order valence-electron chi connectivity index (χ0n) is 20.0. The number of nitrogens with zero attached hydrogens (tertiary/aromatic N) is 3. The van der Waals surface area contributed by atoms with Crippen LogP contribution in [0.25, 0.3) is 17.0 Å². The molecule has 0 saturated carbocycles. The summed E-state index contributed by atoms with van der Waals surface area (Å²) < 4.78 is 20.1. The van der Waals surface area contributed by atoms with E-state index in [1.54, 1.807) is 19.1 Å². The number of urea groups is 1. The van der Waals surface area contributed by atoms with Crippen LogP contribution in [0.1, 0.15) is 41.1 Å². The van der Waals surface area contributed by atoms with Crippen molar-refractivity contribution < 1.29 is 13.7 Å². The number of aromatic nitrogens is 2. The van der Waals surface area contributed by atoms with E-state index in [0.717, 1.165) is 22.3 Å². The van der Waals surface area contributed by atoms with Crippen LogP contribution in [0.5, 0.6) is 0 Å². The molecule has 176 valence electrons. The van der Waals surface area contributed by atoms with Gasteiger partial charge in [0.05, 0.1) is 17.3 Å². The Morgan fingerprint density at radius 1 is 0.943 bits per heavy atom. The van der Waals surface area contributed by atoms with Crippen LogP contribution >= 0.6 is 0 Å². The summed E-state index contributed by atoms with van der Waals surface area (Å²) >= 11 is 0. The molecule has 2 amide bonds. The number of carbonyl (C=O) groups excluding carboxylic acids is 1. The third-order valence-corrected chi connectivity index (χ3v) is 6.24. The average molecular weight is 469 g/mol. The van der Waals surface area contributed by atoms with Gasteiger partial charge in [0.15, 0.2) is 0 Å². The van der Waals surface area contributed by atoms with Gasteiger partial charge in [-0.05, 0) is 57.0 Å². The highest BCUT2D eigenvalue weighted by atomic mass is 19.1. The molecule has 5 rings (SSSR count). The monoisotopic (exact) mass is 468 g/mol. The first-order valence-electron chi connectivity index (χ1n) is 11.4. The van der Waals surface area contributed by atoms with Gasteiger partial charge in [0.25, 0.3) is 5.89 Å². The van der Waals surface area contributed by atoms with Crippen LogP contribution in [0.4, 0.5) is 14.9 Å². The molecule has 0 aliphatic carbocycles. The predicted molar refractivity (Wildman–Crippen MR) is 133 cm³/mol. The molecule has 3 aromatic carbocycles. The summed E-state index contributed by atoms with van der Waals surface area (Å²) in [6.07, 6.45) is 0. The second-order valence-corrected chi connectivity index (χ2v) is 8.85. The molecular formula is C28H25FN4O2. The Kier molecular flexibility index (Phi) is 5.68. The average Bonchev–Trinajstić information content (AvgIpc) is 3.31. The van der Waals surface area contributed by atoms with Gasteiger partial charge in [0.1, 0.15) is 5.82 Å². The molecule has 2 heterocycles. The number of hydrogen-bond acceptors (Lipinski definition) is 4. The van der Waals surface area contributed by atoms with Gasteiger partial charge in [-0.1, -0.05) is 64.8 Å². The second-order valence-electron chi connectivity index (χ2n) is 8.85. The van der Waals surface area contributed by atoms with Crippen molar-refractivity contribution in [1.82, 2.24) is 15.5 Å². The molecule has 35 heavy (non-hydrogen) atoms. The molecule has 4 aromatic rings. The number of amides is 2. The largest absolute Gasteiger partial charge is 0.334 e. The van der Waals surface area contributed by atoms with Gasteiger partial charge in [-0.2, -0.15) is 4.98 Å². The molecule has 0 radical (unpaired) electrons. The Hall–Kier alpha value is -4.26. The minimum Gasteiger partial charge on any atom is -0.334 e. The Balaban J connectivity index is 1.66. The standard InChI is InChI=1S/C28H25FN4O2/c1-16-8-11-20(12-9-16)25-24(27-31-26(32-35-27)21-7-5-6-17(2)14-21)19(4)33(28(34)30-25)22-13-10-18(3)23(29)15-22/h5-15,25H,1-4H3,(H,30,34). The number of halogens is 1. The summed E-state index contributed by atoms with van der Waals surface area (Å²) in [7, 11) is 0. The van der Waals surface area contributed by atoms with E-state index in [2.05, 4.69) is 15.5 Å². The molecular weight excluding hydrogens is 443 g/mol. The number of carbonyl (C=O) groups is 1. The second kappa shape index (κ2) is 8.83. The van der Waals surface area contributed by atoms with E-state index in [-0.39, 0.29) is 11.8 Å². The SMILES string of the molecule is CC1=C(c2nc(-c3cccc(C)c3)no2)C(c2ccc(C)cc2)NC(=O)N1c1ccc(C)c(F)c1. The van der Waals surface area contributed by atoms with Crippen LogP contribution in [-0.4, -0.2) is 16.2 Å². The number of rotatable bonds is 4. The fraction of sp³-hybridized carbons (Fsp3) is 0.179. The molecule has 6 nitrogen and oxygen atoms in total. The lowest BCUT2D eigenvalue weighted by atomic mass is 9.94. The summed E-state index contributed by atoms with van der Waals surface area (Å²) in [6, 6.07) is 19.6. The molecule has 1 unspecified atom stereocenters. The summed E-state index contributed by atoms with van der Waals surface area (Å²) in [4.78, 5) is 19.4. The number of allylic oxidation sites excluding steroid dienone is 1. The van der Waals surface area contributed by atoms with Crippen LogP contribution in [-0.2, 0) is 0 Å². The van der Waals surface area contributed by atoms with Crippen LogP contribution < -0.4 is 10.2 Å². The number of benzene rings is 3. The first-order valence-corrected chi connectivity index (χ1v) is 11.4. The molecule has 1 aromatic heterocycles. The lowest BCUT2D eigenvalue weighted by Gasteiger charge is -2.35. The van der Waals surface area contributed by atoms with Gasteiger partial charge < -0.3 is 9.84 Å². The maximum Gasteiger partial charge on any atom is 0.327 e. The highest BCUT2D eigenvalue weighted by Gasteiger charge is 2.36. The number of nitrogens with one attached hydrogen (secondary N) is 1. The van der Waals surface area contributed by atoms with E-state index in [1.807, 2.05) is 69.3 Å². The number of hydrogen-bond donors (Lipinski definition) is 1. The van der Waals surface area contributed by atoms with Crippen molar-refractivity contribution in [2.45, 2.75) is 33.7 Å². The van der Waals surface area contributed by atoms with Crippen molar-refractivity contribution in [1.29, 1.82) is 0 Å². The fourth-order valence-electron chi connectivity index (χ4n) is 4.30. The van der Waals surface area contributed by atoms with Gasteiger partial charge in [-0.25, -0.2) is 9.18 Å². The third-order valence-electron chi connectivity index (χ3n) is 6.24. The molecule has 7 heteroatoms. The van der Waals surface area contributed by atoms with Crippen molar-refractivity contribution in [2.24, 2.45) is 0 Å². The number of anilines is 1. The van der Waals surface area contributed by atoms with Gasteiger partial charge >= 0.3 is 6.03 Å². The Labute approximate surface area is 203 Å². The maximum absolute atomic E-state index is 14.4. The van der Waals surface area contributed by atoms with Crippen molar-refractivity contribution in [2.75, 3.05) is 4.90 Å².